The van der Waals surface area contributed by atoms with Gasteiger partial charge in [0.25, 0.3) is 0 Å². The number of carbonyl (C=O) groups is 1. The molecule has 1 saturated heterocycles. The minimum atomic E-state index is -0.921. The van der Waals surface area contributed by atoms with Crippen LogP contribution >= 0.6 is 0 Å². The van der Waals surface area contributed by atoms with Crippen LogP contribution < -0.4 is 4.90 Å². The first kappa shape index (κ1) is 15.6. The molecule has 0 aliphatic carbocycles. The highest BCUT2D eigenvalue weighted by Gasteiger charge is 2.15. The Kier molecular flexibility index (Phi) is 3.88. The summed E-state index contributed by atoms with van der Waals surface area (Å²) in [7, 11) is 0. The van der Waals surface area contributed by atoms with E-state index in [1.165, 1.54) is 18.5 Å². The molecule has 0 saturated carbocycles. The molecule has 0 bridgehead atoms. The van der Waals surface area contributed by atoms with E-state index in [4.69, 9.17) is 4.98 Å². The second kappa shape index (κ2) is 6.20. The molecule has 1 aromatic heterocycles. The lowest BCUT2D eigenvalue weighted by molar-refractivity contribution is 0.0699. The average molecular weight is 332 g/mol. The van der Waals surface area contributed by atoms with Crippen LogP contribution in [-0.4, -0.2) is 29.1 Å². The van der Waals surface area contributed by atoms with Crippen LogP contribution in [0.1, 0.15) is 28.8 Å². The summed E-state index contributed by atoms with van der Waals surface area (Å²) in [5.74, 6) is -0.921. The van der Waals surface area contributed by atoms with Crippen LogP contribution in [0.3, 0.4) is 0 Å². The highest BCUT2D eigenvalue weighted by atomic mass is 16.4. The quantitative estimate of drug-likeness (QED) is 0.767. The summed E-state index contributed by atoms with van der Waals surface area (Å²) in [6.07, 6.45) is 2.45. The Morgan fingerprint density at radius 3 is 2.64 bits per heavy atom. The first-order valence-corrected chi connectivity index (χ1v) is 8.62. The Morgan fingerprint density at radius 2 is 1.88 bits per heavy atom. The van der Waals surface area contributed by atoms with Crippen molar-refractivity contribution < 1.29 is 9.90 Å². The van der Waals surface area contributed by atoms with E-state index < -0.39 is 5.97 Å². The van der Waals surface area contributed by atoms with Crippen molar-refractivity contribution >= 4 is 22.6 Å². The molecule has 1 aliphatic heterocycles. The summed E-state index contributed by atoms with van der Waals surface area (Å²) in [5, 5.41) is 10.3. The van der Waals surface area contributed by atoms with Gasteiger partial charge in [-0.15, -0.1) is 0 Å². The molecule has 4 heteroatoms. The van der Waals surface area contributed by atoms with Crippen molar-refractivity contribution in [2.45, 2.75) is 19.8 Å². The van der Waals surface area contributed by atoms with Crippen LogP contribution in [-0.2, 0) is 0 Å². The van der Waals surface area contributed by atoms with Gasteiger partial charge in [-0.25, -0.2) is 9.78 Å². The standard InChI is InChI=1S/C21H20N2O2/c1-14-7-8-19-17(11-14)18(21(24)25)13-20(22-19)15-5-4-6-16(12-15)23-9-2-3-10-23/h4-8,11-13H,2-3,9-10H2,1H3,(H,24,25). The van der Waals surface area contributed by atoms with E-state index in [0.29, 0.717) is 22.2 Å². The number of rotatable bonds is 3. The smallest absolute Gasteiger partial charge is 0.336 e. The van der Waals surface area contributed by atoms with Crippen LogP contribution in [0.5, 0.6) is 0 Å². The molecule has 0 radical (unpaired) electrons. The minimum Gasteiger partial charge on any atom is -0.478 e. The van der Waals surface area contributed by atoms with Gasteiger partial charge in [-0.2, -0.15) is 0 Å². The molecule has 4 rings (SSSR count). The number of aromatic nitrogens is 1. The lowest BCUT2D eigenvalue weighted by Gasteiger charge is -2.18. The maximum atomic E-state index is 11.7. The molecule has 4 nitrogen and oxygen atoms in total. The van der Waals surface area contributed by atoms with E-state index in [9.17, 15) is 9.90 Å². The lowest BCUT2D eigenvalue weighted by atomic mass is 10.0. The second-order valence-electron chi connectivity index (χ2n) is 6.63. The van der Waals surface area contributed by atoms with Crippen molar-refractivity contribution in [1.29, 1.82) is 0 Å². The Labute approximate surface area is 146 Å². The molecule has 1 aliphatic rings. The fourth-order valence-corrected chi connectivity index (χ4v) is 3.50. The Balaban J connectivity index is 1.85. The number of benzene rings is 2. The van der Waals surface area contributed by atoms with Gasteiger partial charge in [0, 0.05) is 29.7 Å². The maximum absolute atomic E-state index is 11.7. The molecule has 1 N–H and O–H groups in total. The van der Waals surface area contributed by atoms with Gasteiger partial charge < -0.3 is 10.0 Å². The van der Waals surface area contributed by atoms with Crippen molar-refractivity contribution in [3.8, 4) is 11.3 Å². The normalized spacial score (nSPS) is 14.2. The van der Waals surface area contributed by atoms with Gasteiger partial charge >= 0.3 is 5.97 Å². The number of hydrogen-bond donors (Lipinski definition) is 1. The minimum absolute atomic E-state index is 0.301. The van der Waals surface area contributed by atoms with Crippen LogP contribution in [0.4, 0.5) is 5.69 Å². The Bertz CT molecular complexity index is 959. The van der Waals surface area contributed by atoms with Crippen LogP contribution in [0, 0.1) is 6.92 Å². The molecule has 25 heavy (non-hydrogen) atoms. The number of carboxylic acid groups (broad SMARTS) is 1. The number of aromatic carboxylic acids is 1. The third-order valence-corrected chi connectivity index (χ3v) is 4.81. The molecule has 2 heterocycles. The molecule has 0 spiro atoms. The van der Waals surface area contributed by atoms with Crippen molar-refractivity contribution in [2.75, 3.05) is 18.0 Å². The molecular formula is C21H20N2O2. The van der Waals surface area contributed by atoms with Gasteiger partial charge in [-0.3, -0.25) is 0 Å². The number of hydrogen-bond acceptors (Lipinski definition) is 3. The molecule has 0 atom stereocenters. The van der Waals surface area contributed by atoms with Gasteiger partial charge in [-0.05, 0) is 50.1 Å². The molecule has 1 fully saturated rings. The van der Waals surface area contributed by atoms with Gasteiger partial charge in [0.1, 0.15) is 0 Å². The van der Waals surface area contributed by atoms with E-state index in [0.717, 1.165) is 24.2 Å². The lowest BCUT2D eigenvalue weighted by Crippen LogP contribution is -2.17. The van der Waals surface area contributed by atoms with Crippen LogP contribution in [0.15, 0.2) is 48.5 Å². The van der Waals surface area contributed by atoms with E-state index in [2.05, 4.69) is 17.0 Å². The van der Waals surface area contributed by atoms with Crippen molar-refractivity contribution in [3.63, 3.8) is 0 Å². The van der Waals surface area contributed by atoms with E-state index in [1.54, 1.807) is 6.07 Å². The Hall–Kier alpha value is -2.88. The molecule has 2 aromatic carbocycles. The number of nitrogens with zero attached hydrogens (tertiary/aromatic N) is 2. The van der Waals surface area contributed by atoms with Crippen molar-refractivity contribution in [3.05, 3.63) is 59.7 Å². The van der Waals surface area contributed by atoms with Crippen LogP contribution in [0.25, 0.3) is 22.2 Å². The molecule has 3 aromatic rings. The summed E-state index contributed by atoms with van der Waals surface area (Å²) in [4.78, 5) is 18.8. The van der Waals surface area contributed by atoms with Gasteiger partial charge in [0.15, 0.2) is 0 Å². The molecule has 0 unspecified atom stereocenters. The third kappa shape index (κ3) is 2.95. The number of fused-ring (bicyclic) bond motifs is 1. The van der Waals surface area contributed by atoms with Crippen molar-refractivity contribution in [2.24, 2.45) is 0 Å². The number of carboxylic acids is 1. The first-order chi connectivity index (χ1) is 12.1. The first-order valence-electron chi connectivity index (χ1n) is 8.62. The molecule has 0 amide bonds. The van der Waals surface area contributed by atoms with E-state index >= 15 is 0 Å². The fourth-order valence-electron chi connectivity index (χ4n) is 3.50. The Morgan fingerprint density at radius 1 is 1.08 bits per heavy atom. The number of pyridine rings is 1. The number of anilines is 1. The largest absolute Gasteiger partial charge is 0.478 e. The zero-order valence-corrected chi connectivity index (χ0v) is 14.2. The van der Waals surface area contributed by atoms with Crippen LogP contribution in [0.2, 0.25) is 0 Å². The number of aryl methyl sites for hydroxylation is 1. The van der Waals surface area contributed by atoms with Gasteiger partial charge in [-0.1, -0.05) is 23.8 Å². The highest BCUT2D eigenvalue weighted by molar-refractivity contribution is 6.04. The summed E-state index contributed by atoms with van der Waals surface area (Å²) in [6.45, 7) is 4.11. The van der Waals surface area contributed by atoms with Gasteiger partial charge in [0.05, 0.1) is 16.8 Å². The summed E-state index contributed by atoms with van der Waals surface area (Å²) < 4.78 is 0. The predicted molar refractivity (Wildman–Crippen MR) is 100 cm³/mol. The molecule has 126 valence electrons. The van der Waals surface area contributed by atoms with E-state index in [1.807, 2.05) is 37.3 Å². The third-order valence-electron chi connectivity index (χ3n) is 4.81. The topological polar surface area (TPSA) is 53.4 Å². The van der Waals surface area contributed by atoms with E-state index in [-0.39, 0.29) is 0 Å². The zero-order valence-electron chi connectivity index (χ0n) is 14.2. The van der Waals surface area contributed by atoms with Crippen molar-refractivity contribution in [1.82, 2.24) is 4.98 Å². The monoisotopic (exact) mass is 332 g/mol. The average Bonchev–Trinajstić information content (AvgIpc) is 3.15. The fraction of sp³-hybridized carbons (Fsp3) is 0.238. The van der Waals surface area contributed by atoms with Gasteiger partial charge in [0.2, 0.25) is 0 Å². The molecular weight excluding hydrogens is 312 g/mol. The SMILES string of the molecule is Cc1ccc2nc(-c3cccc(N4CCCC4)c3)cc(C(=O)O)c2c1. The predicted octanol–water partition coefficient (Wildman–Crippen LogP) is 4.51. The second-order valence-corrected chi connectivity index (χ2v) is 6.63. The summed E-state index contributed by atoms with van der Waals surface area (Å²) >= 11 is 0. The highest BCUT2D eigenvalue weighted by Crippen LogP contribution is 2.29. The maximum Gasteiger partial charge on any atom is 0.336 e. The summed E-state index contributed by atoms with van der Waals surface area (Å²) in [5.41, 5.74) is 4.88. The summed E-state index contributed by atoms with van der Waals surface area (Å²) in [6, 6.07) is 15.7. The zero-order chi connectivity index (χ0) is 17.4.